The minimum atomic E-state index is 0.625. The van der Waals surface area contributed by atoms with Gasteiger partial charge in [-0.25, -0.2) is 0 Å². The average Bonchev–Trinajstić information content (AvgIpc) is 3.96. The first-order valence-electron chi connectivity index (χ1n) is 27.9. The van der Waals surface area contributed by atoms with Crippen molar-refractivity contribution in [2.75, 3.05) is 0 Å². The summed E-state index contributed by atoms with van der Waals surface area (Å²) in [6.45, 7) is 0. The molecule has 0 radical (unpaired) electrons. The van der Waals surface area contributed by atoms with Crippen molar-refractivity contribution in [1.82, 2.24) is 4.90 Å². The van der Waals surface area contributed by atoms with Gasteiger partial charge in [0.2, 0.25) is 0 Å². The van der Waals surface area contributed by atoms with Crippen molar-refractivity contribution in [2.45, 2.75) is 266 Å². The molecule has 12 aliphatic rings. The van der Waals surface area contributed by atoms with E-state index in [9.17, 15) is 0 Å². The van der Waals surface area contributed by atoms with Gasteiger partial charge in [0.25, 0.3) is 0 Å². The van der Waals surface area contributed by atoms with Gasteiger partial charge >= 0.3 is 0 Å². The Morgan fingerprint density at radius 1 is 0.362 bits per heavy atom. The van der Waals surface area contributed by atoms with Crippen LogP contribution >= 0.6 is 11.8 Å². The summed E-state index contributed by atoms with van der Waals surface area (Å²) in [5.41, 5.74) is 0.724. The molecule has 2 aliphatic heterocycles. The maximum atomic E-state index is 6.92. The Morgan fingerprint density at radius 2 is 0.931 bits per heavy atom. The van der Waals surface area contributed by atoms with Gasteiger partial charge in [0, 0.05) is 34.5 Å². The number of hydrogen-bond donors (Lipinski definition) is 0. The molecule has 10 saturated carbocycles. The highest BCUT2D eigenvalue weighted by molar-refractivity contribution is 8.00. The second-order valence-corrected chi connectivity index (χ2v) is 25.9. The van der Waals surface area contributed by atoms with Crippen LogP contribution in [0.1, 0.15) is 225 Å². The molecule has 3 heteroatoms. The van der Waals surface area contributed by atoms with Gasteiger partial charge in [-0.3, -0.25) is 4.90 Å². The van der Waals surface area contributed by atoms with Crippen molar-refractivity contribution in [3.8, 4) is 0 Å². The lowest BCUT2D eigenvalue weighted by molar-refractivity contribution is -0.0882. The molecule has 0 bridgehead atoms. The van der Waals surface area contributed by atoms with Gasteiger partial charge in [0.1, 0.15) is 0 Å². The number of thioether (sulfide) groups is 1. The number of ether oxygens (including phenoxy) is 1. The van der Waals surface area contributed by atoms with Crippen LogP contribution in [-0.4, -0.2) is 45.7 Å². The lowest BCUT2D eigenvalue weighted by Crippen LogP contribution is -2.57. The minimum Gasteiger partial charge on any atom is -0.374 e. The summed E-state index contributed by atoms with van der Waals surface area (Å²) in [6, 6.07) is 2.75. The Kier molecular flexibility index (Phi) is 11.7. The zero-order valence-corrected chi connectivity index (χ0v) is 38.3. The Morgan fingerprint density at radius 3 is 1.69 bits per heavy atom. The van der Waals surface area contributed by atoms with Gasteiger partial charge in [-0.2, -0.15) is 11.8 Å². The SMILES string of the molecule is C1CCC(N(C2CCC(C3CCCC4C5CCC6OC7CCCCC7C6C5SC34)CC2)C2CCCC3C2C2CCCCC2C3(C2CCCCC2)C2CCCCC2)CC1. The molecule has 2 heterocycles. The van der Waals surface area contributed by atoms with Crippen LogP contribution < -0.4 is 0 Å². The smallest absolute Gasteiger partial charge is 0.0621 e. The zero-order valence-electron chi connectivity index (χ0n) is 37.5. The van der Waals surface area contributed by atoms with E-state index in [0.717, 1.165) is 105 Å². The van der Waals surface area contributed by atoms with Crippen LogP contribution in [0.15, 0.2) is 0 Å². The molecule has 0 N–H and O–H groups in total. The summed E-state index contributed by atoms with van der Waals surface area (Å²) in [6.07, 6.45) is 55.5. The molecule has 14 unspecified atom stereocenters. The van der Waals surface area contributed by atoms with Crippen molar-refractivity contribution in [2.24, 2.45) is 76.4 Å². The molecule has 0 amide bonds. The first-order valence-corrected chi connectivity index (χ1v) is 28.8. The fourth-order valence-electron chi connectivity index (χ4n) is 21.1. The van der Waals surface area contributed by atoms with Gasteiger partial charge in [-0.1, -0.05) is 96.3 Å². The van der Waals surface area contributed by atoms with Crippen LogP contribution in [0.2, 0.25) is 0 Å². The van der Waals surface area contributed by atoms with E-state index in [2.05, 4.69) is 16.7 Å². The first-order chi connectivity index (χ1) is 28.8. The van der Waals surface area contributed by atoms with E-state index in [0.29, 0.717) is 12.2 Å². The van der Waals surface area contributed by atoms with Crippen LogP contribution in [-0.2, 0) is 4.74 Å². The molecule has 58 heavy (non-hydrogen) atoms. The number of rotatable bonds is 6. The summed E-state index contributed by atoms with van der Waals surface area (Å²) in [4.78, 5) is 3.51. The van der Waals surface area contributed by atoms with Gasteiger partial charge in [0.15, 0.2) is 0 Å². The van der Waals surface area contributed by atoms with Crippen molar-refractivity contribution in [1.29, 1.82) is 0 Å². The molecule has 2 nitrogen and oxygen atoms in total. The second kappa shape index (κ2) is 17.0. The molecule has 0 aromatic heterocycles. The maximum Gasteiger partial charge on any atom is 0.0621 e. The van der Waals surface area contributed by atoms with Gasteiger partial charge in [-0.15, -0.1) is 0 Å². The Balaban J connectivity index is 0.806. The van der Waals surface area contributed by atoms with Crippen molar-refractivity contribution in [3.63, 3.8) is 0 Å². The van der Waals surface area contributed by atoms with Crippen LogP contribution in [0.25, 0.3) is 0 Å². The minimum absolute atomic E-state index is 0.625. The van der Waals surface area contributed by atoms with Crippen LogP contribution in [0.4, 0.5) is 0 Å². The lowest BCUT2D eigenvalue weighted by atomic mass is 9.48. The predicted octanol–water partition coefficient (Wildman–Crippen LogP) is 14.8. The summed E-state index contributed by atoms with van der Waals surface area (Å²) in [5, 5.41) is 1.94. The number of fused-ring (bicyclic) bond motifs is 10. The Hall–Kier alpha value is 0.270. The van der Waals surface area contributed by atoms with E-state index in [1.54, 1.807) is 154 Å². The van der Waals surface area contributed by atoms with Gasteiger partial charge < -0.3 is 4.74 Å². The van der Waals surface area contributed by atoms with Crippen molar-refractivity contribution in [3.05, 3.63) is 0 Å². The Bertz CT molecular complexity index is 1350. The highest BCUT2D eigenvalue weighted by Gasteiger charge is 2.67. The van der Waals surface area contributed by atoms with E-state index < -0.39 is 0 Å². The summed E-state index contributed by atoms with van der Waals surface area (Å²) in [7, 11) is 0. The molecule has 2 saturated heterocycles. The third-order valence-electron chi connectivity index (χ3n) is 22.7. The molecule has 326 valence electrons. The van der Waals surface area contributed by atoms with E-state index in [4.69, 9.17) is 4.74 Å². The van der Waals surface area contributed by atoms with Gasteiger partial charge in [-0.05, 0) is 199 Å². The third kappa shape index (κ3) is 6.61. The van der Waals surface area contributed by atoms with E-state index >= 15 is 0 Å². The van der Waals surface area contributed by atoms with E-state index in [1.807, 2.05) is 0 Å². The molecular formula is C55H89NOS. The topological polar surface area (TPSA) is 12.5 Å². The average molecular weight is 812 g/mol. The van der Waals surface area contributed by atoms with Crippen LogP contribution in [0.3, 0.4) is 0 Å². The molecule has 14 atom stereocenters. The largest absolute Gasteiger partial charge is 0.374 e. The number of nitrogens with zero attached hydrogens (tertiary/aromatic N) is 1. The lowest BCUT2D eigenvalue weighted by Gasteiger charge is -2.57. The summed E-state index contributed by atoms with van der Waals surface area (Å²) in [5.74, 6) is 12.4. The summed E-state index contributed by atoms with van der Waals surface area (Å²) >= 11 is 2.62. The molecule has 0 spiro atoms. The molecular weight excluding hydrogens is 723 g/mol. The predicted molar refractivity (Wildman–Crippen MR) is 243 cm³/mol. The van der Waals surface area contributed by atoms with Gasteiger partial charge in [0.05, 0.1) is 12.2 Å². The maximum absolute atomic E-state index is 6.92. The Labute approximate surface area is 361 Å². The molecule has 0 aromatic carbocycles. The quantitative estimate of drug-likeness (QED) is 0.265. The first kappa shape index (κ1) is 39.8. The molecule has 12 rings (SSSR count). The zero-order chi connectivity index (χ0) is 38.2. The van der Waals surface area contributed by atoms with Crippen molar-refractivity contribution >= 4 is 11.8 Å². The highest BCUT2D eigenvalue weighted by atomic mass is 32.2. The van der Waals surface area contributed by atoms with Crippen LogP contribution in [0.5, 0.6) is 0 Å². The molecule has 0 aromatic rings. The third-order valence-corrected chi connectivity index (χ3v) is 24.7. The normalized spacial score (nSPS) is 50.0. The summed E-state index contributed by atoms with van der Waals surface area (Å²) < 4.78 is 6.92. The van der Waals surface area contributed by atoms with E-state index in [1.165, 1.54) is 70.6 Å². The monoisotopic (exact) mass is 812 g/mol. The van der Waals surface area contributed by atoms with E-state index in [-0.39, 0.29) is 0 Å². The number of hydrogen-bond acceptors (Lipinski definition) is 3. The van der Waals surface area contributed by atoms with Crippen molar-refractivity contribution < 1.29 is 4.74 Å². The fourth-order valence-corrected chi connectivity index (χ4v) is 23.7. The second-order valence-electron chi connectivity index (χ2n) is 24.5. The fraction of sp³-hybridized carbons (Fsp3) is 1.00. The molecule has 10 aliphatic carbocycles. The highest BCUT2D eigenvalue weighted by Crippen LogP contribution is 2.72. The standard InChI is InChI=1S/C55H89NOS/c1-4-16-37(17-5-1)55(38-18-6-2-7-19-38)46-26-12-10-22-44(46)51-47(55)27-15-28-48(51)56(39-20-8-3-9-21-39)40-32-30-36(31-33-40)41-24-14-25-42-43-34-35-50-52(54(43)58-53(41)42)45-23-11-13-29-49(45)57-50/h36-54H,1-35H2. The van der Waals surface area contributed by atoms with Crippen LogP contribution in [0, 0.1) is 76.4 Å². The molecule has 12 fully saturated rings.